The molecule has 7 nitrogen and oxygen atoms in total. The summed E-state index contributed by atoms with van der Waals surface area (Å²) in [5.41, 5.74) is 2.32. The fourth-order valence-electron chi connectivity index (χ4n) is 2.78. The number of rotatable bonds is 7. The zero-order valence-corrected chi connectivity index (χ0v) is 17.4. The van der Waals surface area contributed by atoms with Gasteiger partial charge in [0, 0.05) is 35.9 Å². The van der Waals surface area contributed by atoms with Gasteiger partial charge in [-0.1, -0.05) is 35.9 Å². The number of thiophene rings is 1. The molecule has 0 saturated carbocycles. The van der Waals surface area contributed by atoms with Crippen LogP contribution in [0.2, 0.25) is 5.02 Å². The number of nitrogens with one attached hydrogen (secondary N) is 2. The van der Waals surface area contributed by atoms with E-state index >= 15 is 0 Å². The van der Waals surface area contributed by atoms with Crippen molar-refractivity contribution in [2.45, 2.75) is 4.21 Å². The van der Waals surface area contributed by atoms with Crippen LogP contribution in [0.3, 0.4) is 0 Å². The minimum absolute atomic E-state index is 0.197. The van der Waals surface area contributed by atoms with Crippen LogP contribution in [0.5, 0.6) is 0 Å². The molecule has 0 bridgehead atoms. The molecule has 29 heavy (non-hydrogen) atoms. The summed E-state index contributed by atoms with van der Waals surface area (Å²) in [4.78, 5) is 4.57. The van der Waals surface area contributed by atoms with Gasteiger partial charge in [-0.15, -0.1) is 11.3 Å². The topological polar surface area (TPSA) is 88.4 Å². The monoisotopic (exact) mass is 443 g/mol. The van der Waals surface area contributed by atoms with E-state index in [-0.39, 0.29) is 10.8 Å². The molecule has 4 rings (SSSR count). The van der Waals surface area contributed by atoms with E-state index < -0.39 is 10.0 Å². The number of fused-ring (bicyclic) bond motifs is 1. The number of hydrogen-bond donors (Lipinski definition) is 2. The van der Waals surface area contributed by atoms with Gasteiger partial charge in [0.25, 0.3) is 0 Å². The number of benzene rings is 1. The smallest absolute Gasteiger partial charge is 0.250 e. The number of aromatic nitrogens is 3. The van der Waals surface area contributed by atoms with E-state index in [0.29, 0.717) is 34.2 Å². The van der Waals surface area contributed by atoms with Gasteiger partial charge in [0.15, 0.2) is 5.65 Å². The molecule has 4 aromatic rings. The summed E-state index contributed by atoms with van der Waals surface area (Å²) in [6.45, 7) is 0.535. The van der Waals surface area contributed by atoms with Gasteiger partial charge in [0.2, 0.25) is 10.0 Å². The Kier molecular flexibility index (Phi) is 5.59. The van der Waals surface area contributed by atoms with Crippen LogP contribution < -0.4 is 15.5 Å². The highest BCUT2D eigenvalue weighted by Crippen LogP contribution is 2.28. The van der Waals surface area contributed by atoms with Crippen molar-refractivity contribution in [2.24, 2.45) is 0 Å². The second-order valence-corrected chi connectivity index (χ2v) is 9.45. The highest BCUT2D eigenvalue weighted by Gasteiger charge is 2.15. The van der Waals surface area contributed by atoms with Crippen LogP contribution >= 0.6 is 22.9 Å². The molecule has 2 N–H and O–H groups in total. The predicted molar refractivity (Wildman–Crippen MR) is 117 cm³/mol. The second-order valence-electron chi connectivity index (χ2n) is 6.10. The number of hydrogen-bond acceptors (Lipinski definition) is 6. The summed E-state index contributed by atoms with van der Waals surface area (Å²) in [5.74, 6) is 0.622. The van der Waals surface area contributed by atoms with Crippen molar-refractivity contribution in [3.63, 3.8) is 0 Å². The van der Waals surface area contributed by atoms with Crippen LogP contribution in [0, 0.1) is 0 Å². The minimum atomic E-state index is -3.51. The van der Waals surface area contributed by atoms with Gasteiger partial charge < -0.3 is 5.32 Å². The van der Waals surface area contributed by atoms with Crippen LogP contribution in [0.15, 0.2) is 58.3 Å². The van der Waals surface area contributed by atoms with Gasteiger partial charge in [0.05, 0.1) is 5.69 Å². The molecule has 0 atom stereocenters. The zero-order chi connectivity index (χ0) is 20.4. The Balaban J connectivity index is 1.56. The lowest BCUT2D eigenvalue weighted by molar-refractivity contribution is 0.585. The second kappa shape index (κ2) is 8.15. The van der Waals surface area contributed by atoms with Crippen molar-refractivity contribution in [1.82, 2.24) is 19.3 Å². The third kappa shape index (κ3) is 4.15. The maximum atomic E-state index is 12.2. The van der Waals surface area contributed by atoms with Crippen molar-refractivity contribution in [3.05, 3.63) is 59.1 Å². The lowest BCUT2D eigenvalue weighted by atomic mass is 10.0. The fraction of sp³-hybridized carbons (Fsp3) is 0.111. The quantitative estimate of drug-likeness (QED) is 0.338. The first-order chi connectivity index (χ1) is 14.0. The largest absolute Gasteiger partial charge is 0.369 e. The SMILES string of the molecule is [B]c1cnn2c(NCCNS(=O)(=O)c3cccs3)cc(-c3ccccc3Cl)nc12. The molecule has 0 spiro atoms. The normalized spacial score (nSPS) is 11.8. The van der Waals surface area contributed by atoms with Gasteiger partial charge in [-0.3, -0.25) is 0 Å². The van der Waals surface area contributed by atoms with E-state index in [0.717, 1.165) is 5.56 Å². The Labute approximate surface area is 178 Å². The summed E-state index contributed by atoms with van der Waals surface area (Å²) < 4.78 is 28.8. The predicted octanol–water partition coefficient (Wildman–Crippen LogP) is 2.30. The third-order valence-electron chi connectivity index (χ3n) is 4.13. The molecule has 3 heterocycles. The van der Waals surface area contributed by atoms with Crippen LogP contribution in [0.4, 0.5) is 5.82 Å². The third-order valence-corrected chi connectivity index (χ3v) is 7.32. The number of halogens is 1. The van der Waals surface area contributed by atoms with Gasteiger partial charge >= 0.3 is 0 Å². The van der Waals surface area contributed by atoms with Crippen molar-refractivity contribution in [1.29, 1.82) is 0 Å². The molecule has 0 unspecified atom stereocenters. The maximum Gasteiger partial charge on any atom is 0.250 e. The van der Waals surface area contributed by atoms with Crippen molar-refractivity contribution >= 4 is 57.7 Å². The van der Waals surface area contributed by atoms with E-state index in [1.165, 1.54) is 17.5 Å². The summed E-state index contributed by atoms with van der Waals surface area (Å²) in [6.07, 6.45) is 1.52. The first kappa shape index (κ1) is 19.9. The van der Waals surface area contributed by atoms with Crippen LogP contribution in [0.1, 0.15) is 0 Å². The van der Waals surface area contributed by atoms with Crippen LogP contribution in [-0.4, -0.2) is 44.0 Å². The molecule has 1 aromatic carbocycles. The van der Waals surface area contributed by atoms with E-state index in [2.05, 4.69) is 20.1 Å². The molecule has 0 aliphatic rings. The van der Waals surface area contributed by atoms with E-state index in [1.54, 1.807) is 34.2 Å². The molecule has 0 aliphatic heterocycles. The van der Waals surface area contributed by atoms with Crippen LogP contribution in [-0.2, 0) is 10.0 Å². The molecule has 3 aromatic heterocycles. The molecule has 0 saturated heterocycles. The summed E-state index contributed by atoms with van der Waals surface area (Å²) >= 11 is 7.48. The molecule has 11 heteroatoms. The number of anilines is 1. The lowest BCUT2D eigenvalue weighted by Gasteiger charge is -2.12. The average molecular weight is 444 g/mol. The van der Waals surface area contributed by atoms with Gasteiger partial charge in [-0.25, -0.2) is 18.1 Å². The average Bonchev–Trinajstić information content (AvgIpc) is 3.37. The Hall–Kier alpha value is -2.40. The highest BCUT2D eigenvalue weighted by molar-refractivity contribution is 7.91. The minimum Gasteiger partial charge on any atom is -0.369 e. The fourth-order valence-corrected chi connectivity index (χ4v) is 5.08. The Morgan fingerprint density at radius 1 is 1.17 bits per heavy atom. The number of nitrogens with zero attached hydrogens (tertiary/aromatic N) is 3. The number of sulfonamides is 1. The summed E-state index contributed by atoms with van der Waals surface area (Å²) in [5, 5.41) is 9.71. The van der Waals surface area contributed by atoms with Gasteiger partial charge in [0.1, 0.15) is 17.9 Å². The first-order valence-electron chi connectivity index (χ1n) is 8.62. The van der Waals surface area contributed by atoms with Crippen molar-refractivity contribution in [2.75, 3.05) is 18.4 Å². The molecule has 2 radical (unpaired) electrons. The Morgan fingerprint density at radius 3 is 2.76 bits per heavy atom. The molecule has 0 fully saturated rings. The lowest BCUT2D eigenvalue weighted by Crippen LogP contribution is -2.28. The standard InChI is InChI=1S/C18H15BClN5O2S2/c19-13-11-22-25-16(21-7-8-23-29(26,27)17-6-3-9-28-17)10-15(24-18(13)25)12-4-1-2-5-14(12)20/h1-6,9-11,21,23H,7-8H2. The summed E-state index contributed by atoms with van der Waals surface area (Å²) in [6, 6.07) is 12.4. The van der Waals surface area contributed by atoms with Gasteiger partial charge in [-0.05, 0) is 23.0 Å². The van der Waals surface area contributed by atoms with Crippen molar-refractivity contribution in [3.8, 4) is 11.3 Å². The van der Waals surface area contributed by atoms with E-state index in [4.69, 9.17) is 19.4 Å². The Bertz CT molecular complexity index is 1260. The zero-order valence-electron chi connectivity index (χ0n) is 15.0. The maximum absolute atomic E-state index is 12.2. The molecular weight excluding hydrogens is 429 g/mol. The molecule has 0 aliphatic carbocycles. The van der Waals surface area contributed by atoms with E-state index in [9.17, 15) is 8.42 Å². The van der Waals surface area contributed by atoms with Crippen LogP contribution in [0.25, 0.3) is 16.9 Å². The van der Waals surface area contributed by atoms with E-state index in [1.807, 2.05) is 18.2 Å². The first-order valence-corrected chi connectivity index (χ1v) is 11.4. The highest BCUT2D eigenvalue weighted by atomic mass is 35.5. The molecule has 146 valence electrons. The summed E-state index contributed by atoms with van der Waals surface area (Å²) in [7, 11) is 2.49. The molecular formula is C18H15BClN5O2S2. The van der Waals surface area contributed by atoms with Crippen molar-refractivity contribution < 1.29 is 8.42 Å². The Morgan fingerprint density at radius 2 is 2.00 bits per heavy atom. The van der Waals surface area contributed by atoms with Gasteiger partial charge in [-0.2, -0.15) is 9.61 Å². The molecule has 0 amide bonds.